The van der Waals surface area contributed by atoms with Crippen LogP contribution in [-0.2, 0) is 11.8 Å². The minimum absolute atomic E-state index is 0.218. The third kappa shape index (κ3) is 1.88. The van der Waals surface area contributed by atoms with Crippen LogP contribution in [0.15, 0.2) is 30.5 Å². The van der Waals surface area contributed by atoms with Gasteiger partial charge < -0.3 is 10.5 Å². The van der Waals surface area contributed by atoms with Crippen molar-refractivity contribution in [2.24, 2.45) is 7.05 Å². The number of allylic oxidation sites excluding steroid dienone is 2. The summed E-state index contributed by atoms with van der Waals surface area (Å²) < 4.78 is 7.11. The zero-order valence-corrected chi connectivity index (χ0v) is 11.9. The number of nitrogen functional groups attached to an aromatic ring is 1. The first-order valence-electron chi connectivity index (χ1n) is 6.10. The fourth-order valence-electron chi connectivity index (χ4n) is 2.38. The predicted octanol–water partition coefficient (Wildman–Crippen LogP) is 1.74. The number of alkyl halides is 1. The molecular formula is C13H14ClN5O. The van der Waals surface area contributed by atoms with Crippen molar-refractivity contribution in [3.63, 3.8) is 0 Å². The van der Waals surface area contributed by atoms with Crippen molar-refractivity contribution in [3.05, 3.63) is 36.2 Å². The lowest BCUT2D eigenvalue weighted by Crippen LogP contribution is -2.31. The summed E-state index contributed by atoms with van der Waals surface area (Å²) in [4.78, 5) is 8.24. The lowest BCUT2D eigenvalue weighted by atomic mass is 9.92. The van der Waals surface area contributed by atoms with Gasteiger partial charge in [-0.2, -0.15) is 10.1 Å². The van der Waals surface area contributed by atoms with Gasteiger partial charge in [0.25, 0.3) is 0 Å². The Bertz CT molecular complexity index is 723. The molecule has 0 aliphatic heterocycles. The molecule has 0 fully saturated rings. The minimum Gasteiger partial charge on any atom is -0.368 e. The van der Waals surface area contributed by atoms with Gasteiger partial charge in [0, 0.05) is 20.4 Å². The molecule has 2 unspecified atom stereocenters. The second kappa shape index (κ2) is 4.57. The van der Waals surface area contributed by atoms with Gasteiger partial charge in [0.15, 0.2) is 10.7 Å². The normalized spacial score (nSPS) is 25.4. The lowest BCUT2D eigenvalue weighted by molar-refractivity contribution is 0.0903. The largest absolute Gasteiger partial charge is 0.368 e. The first kappa shape index (κ1) is 13.1. The zero-order chi connectivity index (χ0) is 14.3. The molecule has 0 saturated heterocycles. The monoisotopic (exact) mass is 291 g/mol. The fourth-order valence-corrected chi connectivity index (χ4v) is 2.62. The van der Waals surface area contributed by atoms with E-state index in [2.05, 4.69) is 15.1 Å². The molecule has 0 amide bonds. The van der Waals surface area contributed by atoms with Gasteiger partial charge in [0.05, 0.1) is 17.0 Å². The predicted molar refractivity (Wildman–Crippen MR) is 77.3 cm³/mol. The van der Waals surface area contributed by atoms with Gasteiger partial charge in [-0.3, -0.25) is 0 Å². The molecule has 2 aromatic heterocycles. The van der Waals surface area contributed by atoms with E-state index in [1.807, 2.05) is 25.3 Å². The Balaban J connectivity index is 2.20. The molecule has 20 heavy (non-hydrogen) atoms. The van der Waals surface area contributed by atoms with Crippen molar-refractivity contribution in [2.45, 2.75) is 11.0 Å². The third-order valence-corrected chi connectivity index (χ3v) is 3.91. The average molecular weight is 292 g/mol. The number of nitrogens with two attached hydrogens (primary N) is 1. The molecule has 2 atom stereocenters. The van der Waals surface area contributed by atoms with Gasteiger partial charge in [-0.05, 0) is 6.08 Å². The molecule has 7 heteroatoms. The van der Waals surface area contributed by atoms with Crippen molar-refractivity contribution in [1.29, 1.82) is 0 Å². The molecule has 6 nitrogen and oxygen atoms in total. The topological polar surface area (TPSA) is 78.8 Å². The first-order chi connectivity index (χ1) is 9.55. The molecule has 0 aromatic carbocycles. The van der Waals surface area contributed by atoms with Crippen molar-refractivity contribution in [3.8, 4) is 0 Å². The highest BCUT2D eigenvalue weighted by Crippen LogP contribution is 2.41. The summed E-state index contributed by atoms with van der Waals surface area (Å²) in [5, 5.41) is 4.36. The van der Waals surface area contributed by atoms with E-state index in [9.17, 15) is 0 Å². The fraction of sp³-hybridized carbons (Fsp3) is 0.308. The maximum Gasteiger partial charge on any atom is 0.222 e. The molecule has 1 aliphatic rings. The van der Waals surface area contributed by atoms with Crippen LogP contribution in [0.5, 0.6) is 0 Å². The summed E-state index contributed by atoms with van der Waals surface area (Å²) in [5.74, 6) is -0.00917. The summed E-state index contributed by atoms with van der Waals surface area (Å²) in [7, 11) is 3.38. The summed E-state index contributed by atoms with van der Waals surface area (Å²) in [5.41, 5.74) is 7.06. The van der Waals surface area contributed by atoms with Gasteiger partial charge in [-0.1, -0.05) is 29.8 Å². The molecule has 3 rings (SSSR count). The molecule has 2 N–H and O–H groups in total. The number of methoxy groups -OCH3 is 1. The van der Waals surface area contributed by atoms with Crippen molar-refractivity contribution >= 4 is 28.6 Å². The number of aromatic nitrogens is 4. The molecule has 0 spiro atoms. The van der Waals surface area contributed by atoms with E-state index in [0.717, 1.165) is 11.1 Å². The zero-order valence-electron chi connectivity index (χ0n) is 11.1. The standard InChI is InChI=1S/C13H14ClN5O/c1-19-11-8(7-16-12(15)17-11)10(18-19)9-5-3-4-6-13(9,14)20-2/h3-7,9H,1-2H3,(H2,15,16,17). The summed E-state index contributed by atoms with van der Waals surface area (Å²) in [6, 6.07) is 0. The van der Waals surface area contributed by atoms with E-state index in [1.165, 1.54) is 0 Å². The van der Waals surface area contributed by atoms with Gasteiger partial charge >= 0.3 is 0 Å². The van der Waals surface area contributed by atoms with Crippen LogP contribution in [0.2, 0.25) is 0 Å². The number of aryl methyl sites for hydroxylation is 1. The van der Waals surface area contributed by atoms with E-state index in [-0.39, 0.29) is 11.9 Å². The van der Waals surface area contributed by atoms with Crippen molar-refractivity contribution in [2.75, 3.05) is 12.8 Å². The van der Waals surface area contributed by atoms with E-state index < -0.39 is 5.06 Å². The van der Waals surface area contributed by atoms with Crippen LogP contribution in [0.3, 0.4) is 0 Å². The van der Waals surface area contributed by atoms with Gasteiger partial charge in [0.1, 0.15) is 0 Å². The van der Waals surface area contributed by atoms with Crippen LogP contribution in [0.4, 0.5) is 5.95 Å². The minimum atomic E-state index is -0.961. The number of nitrogens with zero attached hydrogens (tertiary/aromatic N) is 4. The van der Waals surface area contributed by atoms with Crippen LogP contribution < -0.4 is 5.73 Å². The molecule has 104 valence electrons. The number of hydrogen-bond acceptors (Lipinski definition) is 5. The Morgan fingerprint density at radius 3 is 3.00 bits per heavy atom. The third-order valence-electron chi connectivity index (χ3n) is 3.40. The molecule has 0 radical (unpaired) electrons. The summed E-state index contributed by atoms with van der Waals surface area (Å²) in [6.45, 7) is 0. The number of fused-ring (bicyclic) bond motifs is 1. The van der Waals surface area contributed by atoms with Gasteiger partial charge in [0.2, 0.25) is 5.95 Å². The Kier molecular flexibility index (Phi) is 2.99. The van der Waals surface area contributed by atoms with Gasteiger partial charge in [-0.15, -0.1) is 0 Å². The van der Waals surface area contributed by atoms with Crippen LogP contribution in [0, 0.1) is 0 Å². The lowest BCUT2D eigenvalue weighted by Gasteiger charge is -2.30. The maximum absolute atomic E-state index is 6.53. The number of hydrogen-bond donors (Lipinski definition) is 1. The second-order valence-electron chi connectivity index (χ2n) is 4.60. The number of ether oxygens (including phenoxy) is 1. The van der Waals surface area contributed by atoms with Crippen LogP contribution in [0.1, 0.15) is 11.6 Å². The summed E-state index contributed by atoms with van der Waals surface area (Å²) in [6.07, 6.45) is 9.20. The van der Waals surface area contributed by atoms with Crippen LogP contribution in [0.25, 0.3) is 11.0 Å². The first-order valence-corrected chi connectivity index (χ1v) is 6.48. The van der Waals surface area contributed by atoms with E-state index in [1.54, 1.807) is 24.1 Å². The number of rotatable bonds is 2. The number of halogens is 1. The Hall–Kier alpha value is -1.92. The average Bonchev–Trinajstić information content (AvgIpc) is 2.76. The van der Waals surface area contributed by atoms with E-state index in [0.29, 0.717) is 5.65 Å². The Morgan fingerprint density at radius 1 is 1.45 bits per heavy atom. The van der Waals surface area contributed by atoms with Crippen LogP contribution in [-0.4, -0.2) is 31.9 Å². The summed E-state index contributed by atoms with van der Waals surface area (Å²) >= 11 is 6.53. The molecule has 1 aliphatic carbocycles. The van der Waals surface area contributed by atoms with Crippen LogP contribution >= 0.6 is 11.6 Å². The SMILES string of the molecule is COC1(Cl)C=CC=CC1c1nn(C)c2nc(N)ncc12. The quantitative estimate of drug-likeness (QED) is 0.853. The highest BCUT2D eigenvalue weighted by molar-refractivity contribution is 6.25. The molecule has 2 heterocycles. The Labute approximate surface area is 120 Å². The number of anilines is 1. The molecule has 0 bridgehead atoms. The second-order valence-corrected chi connectivity index (χ2v) is 5.19. The van der Waals surface area contributed by atoms with Gasteiger partial charge in [-0.25, -0.2) is 9.67 Å². The van der Waals surface area contributed by atoms with Crippen molar-refractivity contribution in [1.82, 2.24) is 19.7 Å². The maximum atomic E-state index is 6.53. The molecular weight excluding hydrogens is 278 g/mol. The van der Waals surface area contributed by atoms with E-state index >= 15 is 0 Å². The molecule has 2 aromatic rings. The van der Waals surface area contributed by atoms with E-state index in [4.69, 9.17) is 22.1 Å². The highest BCUT2D eigenvalue weighted by atomic mass is 35.5. The van der Waals surface area contributed by atoms with Crippen molar-refractivity contribution < 1.29 is 4.74 Å². The highest BCUT2D eigenvalue weighted by Gasteiger charge is 2.38. The smallest absolute Gasteiger partial charge is 0.222 e. The molecule has 0 saturated carbocycles. The Morgan fingerprint density at radius 2 is 2.25 bits per heavy atom.